The molecule has 0 saturated heterocycles. The van der Waals surface area contributed by atoms with Crippen LogP contribution in [0.4, 0.5) is 10.8 Å². The van der Waals surface area contributed by atoms with Crippen molar-refractivity contribution in [1.29, 1.82) is 0 Å². The molecule has 0 fully saturated rings. The smallest absolute Gasteiger partial charge is 0.187 e. The molecule has 2 heterocycles. The van der Waals surface area contributed by atoms with Crippen LogP contribution in [0.3, 0.4) is 0 Å². The van der Waals surface area contributed by atoms with E-state index in [1.165, 1.54) is 12.8 Å². The number of unbranched alkanes of at least 4 members (excludes halogenated alkanes) is 2. The lowest BCUT2D eigenvalue weighted by molar-refractivity contribution is 0.306. The van der Waals surface area contributed by atoms with Crippen LogP contribution in [-0.2, 0) is 0 Å². The molecule has 0 aliphatic carbocycles. The Balaban J connectivity index is 1.57. The van der Waals surface area contributed by atoms with Crippen molar-refractivity contribution in [3.8, 4) is 17.0 Å². The molecule has 1 N–H and O–H groups in total. The van der Waals surface area contributed by atoms with E-state index in [9.17, 15) is 0 Å². The second kappa shape index (κ2) is 8.45. The first-order valence-electron chi connectivity index (χ1n) is 8.21. The molecule has 0 spiro atoms. The van der Waals surface area contributed by atoms with Crippen LogP contribution in [0.25, 0.3) is 11.3 Å². The lowest BCUT2D eigenvalue weighted by Gasteiger charge is -2.07. The summed E-state index contributed by atoms with van der Waals surface area (Å²) in [7, 11) is 0. The first-order chi connectivity index (χ1) is 11.8. The standard InChI is InChI=1S/C19H21N3OS/c1-2-3-4-12-23-17-9-7-16(8-10-17)21-19-22-18(14-24-19)15-6-5-11-20-13-15/h5-11,13-14H,2-4,12H2,1H3,(H,21,22). The van der Waals surface area contributed by atoms with Gasteiger partial charge in [-0.3, -0.25) is 4.98 Å². The fourth-order valence-corrected chi connectivity index (χ4v) is 3.02. The Hall–Kier alpha value is -2.40. The number of hydrogen-bond donors (Lipinski definition) is 1. The maximum absolute atomic E-state index is 5.73. The predicted octanol–water partition coefficient (Wildman–Crippen LogP) is 5.52. The van der Waals surface area contributed by atoms with Gasteiger partial charge >= 0.3 is 0 Å². The van der Waals surface area contributed by atoms with Crippen molar-refractivity contribution in [2.24, 2.45) is 0 Å². The van der Waals surface area contributed by atoms with Crippen LogP contribution in [0.5, 0.6) is 5.75 Å². The van der Waals surface area contributed by atoms with Gasteiger partial charge in [0.05, 0.1) is 12.3 Å². The third-order valence-electron chi connectivity index (χ3n) is 3.58. The predicted molar refractivity (Wildman–Crippen MR) is 100 cm³/mol. The van der Waals surface area contributed by atoms with E-state index in [0.717, 1.165) is 40.9 Å². The maximum atomic E-state index is 5.73. The van der Waals surface area contributed by atoms with Gasteiger partial charge in [0, 0.05) is 29.0 Å². The van der Waals surface area contributed by atoms with Crippen LogP contribution in [0.1, 0.15) is 26.2 Å². The zero-order valence-electron chi connectivity index (χ0n) is 13.7. The third kappa shape index (κ3) is 4.55. The minimum atomic E-state index is 0.779. The largest absolute Gasteiger partial charge is 0.494 e. The van der Waals surface area contributed by atoms with E-state index in [4.69, 9.17) is 4.74 Å². The van der Waals surface area contributed by atoms with Crippen molar-refractivity contribution >= 4 is 22.2 Å². The van der Waals surface area contributed by atoms with Crippen LogP contribution < -0.4 is 10.1 Å². The molecule has 5 heteroatoms. The fourth-order valence-electron chi connectivity index (χ4n) is 2.28. The van der Waals surface area contributed by atoms with E-state index < -0.39 is 0 Å². The minimum absolute atomic E-state index is 0.779. The zero-order chi connectivity index (χ0) is 16.6. The normalized spacial score (nSPS) is 10.5. The number of rotatable bonds is 8. The summed E-state index contributed by atoms with van der Waals surface area (Å²) in [6, 6.07) is 11.9. The molecule has 3 aromatic rings. The Morgan fingerprint density at radius 2 is 2.00 bits per heavy atom. The van der Waals surface area contributed by atoms with Gasteiger partial charge < -0.3 is 10.1 Å². The number of ether oxygens (including phenoxy) is 1. The van der Waals surface area contributed by atoms with Crippen molar-refractivity contribution in [1.82, 2.24) is 9.97 Å². The van der Waals surface area contributed by atoms with Crippen molar-refractivity contribution in [2.75, 3.05) is 11.9 Å². The highest BCUT2D eigenvalue weighted by molar-refractivity contribution is 7.14. The minimum Gasteiger partial charge on any atom is -0.494 e. The van der Waals surface area contributed by atoms with Crippen molar-refractivity contribution in [2.45, 2.75) is 26.2 Å². The highest BCUT2D eigenvalue weighted by atomic mass is 32.1. The lowest BCUT2D eigenvalue weighted by atomic mass is 10.2. The van der Waals surface area contributed by atoms with Gasteiger partial charge in [0.15, 0.2) is 5.13 Å². The molecule has 0 unspecified atom stereocenters. The number of hydrogen-bond acceptors (Lipinski definition) is 5. The molecule has 0 aliphatic rings. The van der Waals surface area contributed by atoms with Gasteiger partial charge in [-0.25, -0.2) is 4.98 Å². The van der Waals surface area contributed by atoms with Gasteiger partial charge in [0.1, 0.15) is 5.75 Å². The van der Waals surface area contributed by atoms with Gasteiger partial charge in [-0.05, 0) is 42.8 Å². The molecular weight excluding hydrogens is 318 g/mol. The second-order valence-electron chi connectivity index (χ2n) is 5.48. The summed E-state index contributed by atoms with van der Waals surface area (Å²) < 4.78 is 5.73. The molecule has 0 bridgehead atoms. The Morgan fingerprint density at radius 1 is 1.12 bits per heavy atom. The highest BCUT2D eigenvalue weighted by Gasteiger charge is 2.05. The Bertz CT molecular complexity index is 741. The van der Waals surface area contributed by atoms with E-state index in [-0.39, 0.29) is 0 Å². The molecular formula is C19H21N3OS. The molecule has 4 nitrogen and oxygen atoms in total. The first kappa shape index (κ1) is 16.5. The highest BCUT2D eigenvalue weighted by Crippen LogP contribution is 2.27. The summed E-state index contributed by atoms with van der Waals surface area (Å²) in [4.78, 5) is 8.73. The topological polar surface area (TPSA) is 47.0 Å². The van der Waals surface area contributed by atoms with Crippen LogP contribution >= 0.6 is 11.3 Å². The summed E-state index contributed by atoms with van der Waals surface area (Å²) in [6.07, 6.45) is 7.11. The summed E-state index contributed by atoms with van der Waals surface area (Å²) in [5, 5.41) is 6.23. The number of benzene rings is 1. The summed E-state index contributed by atoms with van der Waals surface area (Å²) in [5.74, 6) is 0.909. The van der Waals surface area contributed by atoms with Gasteiger partial charge in [0.25, 0.3) is 0 Å². The summed E-state index contributed by atoms with van der Waals surface area (Å²) in [6.45, 7) is 2.97. The van der Waals surface area contributed by atoms with E-state index >= 15 is 0 Å². The van der Waals surface area contributed by atoms with E-state index in [2.05, 4.69) is 22.2 Å². The monoisotopic (exact) mass is 339 g/mol. The van der Waals surface area contributed by atoms with Gasteiger partial charge in [-0.15, -0.1) is 11.3 Å². The van der Waals surface area contributed by atoms with Crippen LogP contribution in [0.15, 0.2) is 54.2 Å². The molecule has 2 aromatic heterocycles. The van der Waals surface area contributed by atoms with Gasteiger partial charge in [-0.2, -0.15) is 0 Å². The number of aromatic nitrogens is 2. The lowest BCUT2D eigenvalue weighted by Crippen LogP contribution is -1.97. The van der Waals surface area contributed by atoms with Gasteiger partial charge in [0.2, 0.25) is 0 Å². The SMILES string of the molecule is CCCCCOc1ccc(Nc2nc(-c3cccnc3)cs2)cc1. The average Bonchev–Trinajstić information content (AvgIpc) is 3.09. The second-order valence-corrected chi connectivity index (χ2v) is 6.34. The average molecular weight is 339 g/mol. The molecule has 24 heavy (non-hydrogen) atoms. The zero-order valence-corrected chi connectivity index (χ0v) is 14.6. The van der Waals surface area contributed by atoms with Crippen molar-refractivity contribution < 1.29 is 4.74 Å². The number of nitrogens with one attached hydrogen (secondary N) is 1. The van der Waals surface area contributed by atoms with Crippen molar-refractivity contribution in [3.05, 3.63) is 54.2 Å². The molecule has 3 rings (SSSR count). The number of anilines is 2. The molecule has 1 aromatic carbocycles. The summed E-state index contributed by atoms with van der Waals surface area (Å²) >= 11 is 1.58. The van der Waals surface area contributed by atoms with E-state index in [1.54, 1.807) is 17.5 Å². The summed E-state index contributed by atoms with van der Waals surface area (Å²) in [5.41, 5.74) is 2.96. The molecule has 0 amide bonds. The van der Waals surface area contributed by atoms with E-state index in [1.807, 2.05) is 48.0 Å². The van der Waals surface area contributed by atoms with Crippen LogP contribution in [-0.4, -0.2) is 16.6 Å². The molecule has 0 atom stereocenters. The van der Waals surface area contributed by atoms with Crippen molar-refractivity contribution in [3.63, 3.8) is 0 Å². The first-order valence-corrected chi connectivity index (χ1v) is 9.09. The fraction of sp³-hybridized carbons (Fsp3) is 0.263. The Morgan fingerprint density at radius 3 is 2.75 bits per heavy atom. The Labute approximate surface area is 146 Å². The molecule has 0 saturated carbocycles. The van der Waals surface area contributed by atoms with Gasteiger partial charge in [-0.1, -0.05) is 19.8 Å². The third-order valence-corrected chi connectivity index (χ3v) is 4.34. The Kier molecular flexibility index (Phi) is 5.80. The quantitative estimate of drug-likeness (QED) is 0.549. The van der Waals surface area contributed by atoms with Crippen LogP contribution in [0, 0.1) is 0 Å². The van der Waals surface area contributed by atoms with Crippen LogP contribution in [0.2, 0.25) is 0 Å². The molecule has 0 radical (unpaired) electrons. The van der Waals surface area contributed by atoms with E-state index in [0.29, 0.717) is 0 Å². The number of nitrogens with zero attached hydrogens (tertiary/aromatic N) is 2. The molecule has 0 aliphatic heterocycles. The number of thiazole rings is 1. The maximum Gasteiger partial charge on any atom is 0.187 e. The molecule has 124 valence electrons. The number of pyridine rings is 1.